The molecule has 288 valence electrons. The van der Waals surface area contributed by atoms with Crippen LogP contribution in [-0.2, 0) is 37.3 Å². The fourth-order valence-electron chi connectivity index (χ4n) is 7.57. The van der Waals surface area contributed by atoms with Gasteiger partial charge < -0.3 is 26.4 Å². The van der Waals surface area contributed by atoms with Gasteiger partial charge in [-0.05, 0) is 105 Å². The number of piperidine rings is 1. The Morgan fingerprint density at radius 3 is 2.35 bits per heavy atom. The predicted molar refractivity (Wildman–Crippen MR) is 213 cm³/mol. The standard InChI is InChI=1S/C43H51FN8O3/c1-3-39-36(40(49-34-15-19-55-20-16-34)37-26-48-52(4-2)41(37)50-39)25-47-43(54)32-10-6-9-31(23-32)42(53)46-24-28-11-12-38(44)35(22-28)30-8-5-7-29(21-30)27-51-17-13-33(45)14-18-51/h5-12,21-23,26,33-34H,3-4,13-20,24-25,27,45H2,1-2H3,(H,46,53)(H,47,54)(H,49,50). The van der Waals surface area contributed by atoms with Crippen molar-refractivity contribution < 1.29 is 18.7 Å². The summed E-state index contributed by atoms with van der Waals surface area (Å²) >= 11 is 0. The van der Waals surface area contributed by atoms with E-state index in [0.717, 1.165) is 90.0 Å². The summed E-state index contributed by atoms with van der Waals surface area (Å²) in [5, 5.41) is 15.3. The van der Waals surface area contributed by atoms with E-state index in [4.69, 9.17) is 15.5 Å². The van der Waals surface area contributed by atoms with Crippen LogP contribution >= 0.6 is 0 Å². The molecule has 5 aromatic rings. The quantitative estimate of drug-likeness (QED) is 0.112. The van der Waals surface area contributed by atoms with Crippen LogP contribution in [0.4, 0.5) is 10.1 Å². The summed E-state index contributed by atoms with van der Waals surface area (Å²) in [5.41, 5.74) is 13.6. The third kappa shape index (κ3) is 9.04. The van der Waals surface area contributed by atoms with Gasteiger partial charge in [0, 0.05) is 79.4 Å². The van der Waals surface area contributed by atoms with Crippen LogP contribution in [-0.4, -0.2) is 69.9 Å². The summed E-state index contributed by atoms with van der Waals surface area (Å²) in [4.78, 5) is 34.3. The van der Waals surface area contributed by atoms with Crippen molar-refractivity contribution in [1.82, 2.24) is 30.3 Å². The number of aromatic nitrogens is 3. The summed E-state index contributed by atoms with van der Waals surface area (Å²) in [6.45, 7) is 9.37. The number of nitrogens with one attached hydrogen (secondary N) is 3. The minimum absolute atomic E-state index is 0.197. The number of nitrogens with zero attached hydrogens (tertiary/aromatic N) is 4. The number of carbonyl (C=O) groups excluding carboxylic acids is 2. The summed E-state index contributed by atoms with van der Waals surface area (Å²) in [6, 6.07) is 20.1. The molecule has 2 amide bonds. The third-order valence-electron chi connectivity index (χ3n) is 10.7. The van der Waals surface area contributed by atoms with Gasteiger partial charge in [0.15, 0.2) is 5.65 Å². The number of aryl methyl sites for hydroxylation is 2. The fraction of sp³-hybridized carbons (Fsp3) is 0.395. The van der Waals surface area contributed by atoms with E-state index >= 15 is 4.39 Å². The Bertz CT molecular complexity index is 2140. The number of hydrogen-bond donors (Lipinski definition) is 4. The lowest BCUT2D eigenvalue weighted by Gasteiger charge is -2.30. The number of pyridine rings is 1. The molecule has 4 heterocycles. The van der Waals surface area contributed by atoms with Crippen molar-refractivity contribution in [2.45, 2.75) is 84.2 Å². The van der Waals surface area contributed by atoms with E-state index in [0.29, 0.717) is 42.9 Å². The van der Waals surface area contributed by atoms with Crippen molar-refractivity contribution in [3.63, 3.8) is 0 Å². The maximum atomic E-state index is 15.1. The zero-order chi connectivity index (χ0) is 38.3. The molecule has 0 radical (unpaired) electrons. The average Bonchev–Trinajstić information content (AvgIpc) is 3.64. The summed E-state index contributed by atoms with van der Waals surface area (Å²) in [6.07, 6.45) is 6.28. The Morgan fingerprint density at radius 2 is 1.62 bits per heavy atom. The number of nitrogens with two attached hydrogens (primary N) is 1. The first-order valence-corrected chi connectivity index (χ1v) is 19.5. The number of anilines is 1. The van der Waals surface area contributed by atoms with Crippen LogP contribution in [0, 0.1) is 5.82 Å². The van der Waals surface area contributed by atoms with E-state index in [-0.39, 0.29) is 42.8 Å². The highest BCUT2D eigenvalue weighted by atomic mass is 19.1. The van der Waals surface area contributed by atoms with Crippen molar-refractivity contribution in [1.29, 1.82) is 0 Å². The largest absolute Gasteiger partial charge is 0.381 e. The molecule has 2 aliphatic rings. The molecule has 2 aromatic heterocycles. The SMILES string of the molecule is CCc1nc2c(cnn2CC)c(NC2CCOCC2)c1CNC(=O)c1cccc(C(=O)NCc2ccc(F)c(-c3cccc(CN4CCC(N)CC4)c3)c2)c1. The first kappa shape index (κ1) is 38.1. The second-order valence-corrected chi connectivity index (χ2v) is 14.6. The van der Waals surface area contributed by atoms with Gasteiger partial charge in [0.05, 0.1) is 17.3 Å². The molecule has 55 heavy (non-hydrogen) atoms. The Balaban J connectivity index is 1.01. The average molecular weight is 747 g/mol. The molecule has 12 heteroatoms. The molecule has 2 fully saturated rings. The zero-order valence-electron chi connectivity index (χ0n) is 31.7. The summed E-state index contributed by atoms with van der Waals surface area (Å²) in [5.74, 6) is -0.950. The lowest BCUT2D eigenvalue weighted by Crippen LogP contribution is -2.39. The normalized spacial score (nSPS) is 15.6. The molecule has 0 atom stereocenters. The van der Waals surface area contributed by atoms with Crippen molar-refractivity contribution in [3.05, 3.63) is 112 Å². The minimum atomic E-state index is -0.331. The lowest BCUT2D eigenvalue weighted by atomic mass is 9.99. The summed E-state index contributed by atoms with van der Waals surface area (Å²) in [7, 11) is 0. The van der Waals surface area contributed by atoms with Crippen molar-refractivity contribution >= 4 is 28.5 Å². The molecule has 5 N–H and O–H groups in total. The minimum Gasteiger partial charge on any atom is -0.381 e. The van der Waals surface area contributed by atoms with Crippen LogP contribution in [0.25, 0.3) is 22.2 Å². The Labute approximate surface area is 321 Å². The molecule has 7 rings (SSSR count). The highest BCUT2D eigenvalue weighted by molar-refractivity contribution is 6.00. The van der Waals surface area contributed by atoms with Gasteiger partial charge in [0.1, 0.15) is 5.82 Å². The molecule has 0 unspecified atom stereocenters. The molecule has 0 bridgehead atoms. The number of benzene rings is 3. The van der Waals surface area contributed by atoms with E-state index < -0.39 is 0 Å². The molecule has 3 aromatic carbocycles. The number of halogens is 1. The maximum absolute atomic E-state index is 15.1. The first-order chi connectivity index (χ1) is 26.8. The smallest absolute Gasteiger partial charge is 0.251 e. The van der Waals surface area contributed by atoms with E-state index in [1.165, 1.54) is 6.07 Å². The van der Waals surface area contributed by atoms with Gasteiger partial charge in [-0.3, -0.25) is 14.5 Å². The topological polar surface area (TPSA) is 139 Å². The third-order valence-corrected chi connectivity index (χ3v) is 10.7. The predicted octanol–water partition coefficient (Wildman–Crippen LogP) is 6.19. The van der Waals surface area contributed by atoms with Gasteiger partial charge in [-0.2, -0.15) is 5.10 Å². The molecule has 11 nitrogen and oxygen atoms in total. The Kier molecular flexibility index (Phi) is 12.1. The van der Waals surface area contributed by atoms with Crippen LogP contribution in [0.1, 0.15) is 82.6 Å². The Morgan fingerprint density at radius 1 is 0.891 bits per heavy atom. The molecule has 0 spiro atoms. The molecular formula is C43H51FN8O3. The van der Waals surface area contributed by atoms with Gasteiger partial charge in [-0.1, -0.05) is 37.3 Å². The van der Waals surface area contributed by atoms with Gasteiger partial charge >= 0.3 is 0 Å². The van der Waals surface area contributed by atoms with Crippen molar-refractivity contribution in [2.75, 3.05) is 31.6 Å². The number of likely N-dealkylation sites (tertiary alicyclic amines) is 1. The fourth-order valence-corrected chi connectivity index (χ4v) is 7.57. The molecule has 0 saturated carbocycles. The highest BCUT2D eigenvalue weighted by Crippen LogP contribution is 2.31. The molecule has 2 aliphatic heterocycles. The van der Waals surface area contributed by atoms with E-state index in [1.54, 1.807) is 36.4 Å². The van der Waals surface area contributed by atoms with Crippen LogP contribution in [0.15, 0.2) is 72.9 Å². The second kappa shape index (κ2) is 17.5. The highest BCUT2D eigenvalue weighted by Gasteiger charge is 2.23. The van der Waals surface area contributed by atoms with Crippen LogP contribution in [0.5, 0.6) is 0 Å². The molecular weight excluding hydrogens is 696 g/mol. The molecule has 0 aliphatic carbocycles. The monoisotopic (exact) mass is 746 g/mol. The molecule has 2 saturated heterocycles. The number of ether oxygens (including phenoxy) is 1. The van der Waals surface area contributed by atoms with Crippen molar-refractivity contribution in [2.24, 2.45) is 5.73 Å². The number of rotatable bonds is 13. The van der Waals surface area contributed by atoms with Crippen LogP contribution < -0.4 is 21.7 Å². The maximum Gasteiger partial charge on any atom is 0.251 e. The van der Waals surface area contributed by atoms with Gasteiger partial charge in [-0.25, -0.2) is 14.1 Å². The number of hydrogen-bond acceptors (Lipinski definition) is 8. The van der Waals surface area contributed by atoms with Gasteiger partial charge in [0.2, 0.25) is 0 Å². The number of fused-ring (bicyclic) bond motifs is 1. The van der Waals surface area contributed by atoms with E-state index in [2.05, 4.69) is 38.9 Å². The lowest BCUT2D eigenvalue weighted by molar-refractivity contribution is 0.0904. The van der Waals surface area contributed by atoms with Crippen LogP contribution in [0.2, 0.25) is 0 Å². The van der Waals surface area contributed by atoms with Crippen molar-refractivity contribution in [3.8, 4) is 11.1 Å². The van der Waals surface area contributed by atoms with E-state index in [1.807, 2.05) is 36.0 Å². The van der Waals surface area contributed by atoms with Gasteiger partial charge in [-0.15, -0.1) is 0 Å². The number of amides is 2. The summed E-state index contributed by atoms with van der Waals surface area (Å²) < 4.78 is 22.6. The van der Waals surface area contributed by atoms with E-state index in [9.17, 15) is 9.59 Å². The van der Waals surface area contributed by atoms with Crippen LogP contribution in [0.3, 0.4) is 0 Å². The zero-order valence-corrected chi connectivity index (χ0v) is 31.7. The number of carbonyl (C=O) groups is 2. The second-order valence-electron chi connectivity index (χ2n) is 14.6. The first-order valence-electron chi connectivity index (χ1n) is 19.5. The van der Waals surface area contributed by atoms with Gasteiger partial charge in [0.25, 0.3) is 11.8 Å². The Hall–Kier alpha value is -5.17.